The highest BCUT2D eigenvalue weighted by Crippen LogP contribution is 2.23. The molecule has 0 aliphatic carbocycles. The van der Waals surface area contributed by atoms with Crippen LogP contribution in [0.1, 0.15) is 11.3 Å². The van der Waals surface area contributed by atoms with Crippen molar-refractivity contribution >= 4 is 11.3 Å². The monoisotopic (exact) mass is 270 g/mol. The lowest BCUT2D eigenvalue weighted by molar-refractivity contribution is 0.802. The van der Waals surface area contributed by atoms with Gasteiger partial charge >= 0.3 is 0 Å². The van der Waals surface area contributed by atoms with E-state index >= 15 is 0 Å². The molecule has 0 fully saturated rings. The molecular weight excluding hydrogens is 256 g/mol. The fourth-order valence-electron chi connectivity index (χ4n) is 2.00. The van der Waals surface area contributed by atoms with E-state index in [2.05, 4.69) is 26.0 Å². The van der Waals surface area contributed by atoms with Crippen LogP contribution in [0, 0.1) is 0 Å². The van der Waals surface area contributed by atoms with Crippen LogP contribution in [0.15, 0.2) is 48.2 Å². The van der Waals surface area contributed by atoms with E-state index in [1.807, 2.05) is 30.6 Å². The molecule has 19 heavy (non-hydrogen) atoms. The van der Waals surface area contributed by atoms with E-state index < -0.39 is 0 Å². The Balaban J connectivity index is 1.89. The molecule has 0 aliphatic heterocycles. The van der Waals surface area contributed by atoms with Gasteiger partial charge in [0, 0.05) is 31.7 Å². The number of thiophene rings is 1. The first-order chi connectivity index (χ1) is 9.36. The topological polar surface area (TPSA) is 56.7 Å². The standard InChI is InChI=1S/C14H14N4S/c15-9-12-8-11(3-4-16-12)10-18-6-5-17-14(18)13-2-1-7-19-13/h1-8H,9-10,15H2. The smallest absolute Gasteiger partial charge is 0.150 e. The Morgan fingerprint density at radius 1 is 1.21 bits per heavy atom. The summed E-state index contributed by atoms with van der Waals surface area (Å²) in [5.41, 5.74) is 7.72. The van der Waals surface area contributed by atoms with Gasteiger partial charge < -0.3 is 10.3 Å². The van der Waals surface area contributed by atoms with Crippen LogP contribution < -0.4 is 5.73 Å². The molecule has 2 N–H and O–H groups in total. The Morgan fingerprint density at radius 2 is 2.16 bits per heavy atom. The highest BCUT2D eigenvalue weighted by Gasteiger charge is 2.07. The van der Waals surface area contributed by atoms with E-state index in [0.717, 1.165) is 18.1 Å². The van der Waals surface area contributed by atoms with Crippen LogP contribution >= 0.6 is 11.3 Å². The van der Waals surface area contributed by atoms with Gasteiger partial charge in [0.15, 0.2) is 0 Å². The van der Waals surface area contributed by atoms with Crippen molar-refractivity contribution in [3.63, 3.8) is 0 Å². The Labute approximate surface area is 115 Å². The largest absolute Gasteiger partial charge is 0.326 e. The molecule has 0 aliphatic rings. The summed E-state index contributed by atoms with van der Waals surface area (Å²) < 4.78 is 2.14. The zero-order chi connectivity index (χ0) is 13.1. The van der Waals surface area contributed by atoms with Gasteiger partial charge in [-0.1, -0.05) is 6.07 Å². The third-order valence-electron chi connectivity index (χ3n) is 2.90. The zero-order valence-corrected chi connectivity index (χ0v) is 11.2. The number of nitrogens with zero attached hydrogens (tertiary/aromatic N) is 3. The highest BCUT2D eigenvalue weighted by molar-refractivity contribution is 7.13. The van der Waals surface area contributed by atoms with E-state index in [4.69, 9.17) is 5.73 Å². The Morgan fingerprint density at radius 3 is 2.95 bits per heavy atom. The minimum atomic E-state index is 0.468. The molecule has 0 unspecified atom stereocenters. The Kier molecular flexibility index (Phi) is 3.39. The lowest BCUT2D eigenvalue weighted by Gasteiger charge is -2.07. The molecule has 3 rings (SSSR count). The van der Waals surface area contributed by atoms with E-state index in [1.54, 1.807) is 17.5 Å². The molecular formula is C14H14N4S. The van der Waals surface area contributed by atoms with Gasteiger partial charge in [-0.25, -0.2) is 4.98 Å². The molecule has 3 aromatic rings. The summed E-state index contributed by atoms with van der Waals surface area (Å²) in [6.45, 7) is 1.25. The summed E-state index contributed by atoms with van der Waals surface area (Å²) in [4.78, 5) is 9.82. The third-order valence-corrected chi connectivity index (χ3v) is 3.77. The van der Waals surface area contributed by atoms with Crippen LogP contribution in [0.25, 0.3) is 10.7 Å². The quantitative estimate of drug-likeness (QED) is 0.792. The maximum atomic E-state index is 5.62. The summed E-state index contributed by atoms with van der Waals surface area (Å²) in [5, 5.41) is 2.06. The average Bonchev–Trinajstić information content (AvgIpc) is 3.09. The summed E-state index contributed by atoms with van der Waals surface area (Å²) >= 11 is 1.70. The Hall–Kier alpha value is -1.98. The van der Waals surface area contributed by atoms with Crippen molar-refractivity contribution in [2.24, 2.45) is 5.73 Å². The summed E-state index contributed by atoms with van der Waals surface area (Å²) in [6, 6.07) is 8.18. The molecule has 96 valence electrons. The summed E-state index contributed by atoms with van der Waals surface area (Å²) in [7, 11) is 0. The number of aromatic nitrogens is 3. The fraction of sp³-hybridized carbons (Fsp3) is 0.143. The van der Waals surface area contributed by atoms with Gasteiger partial charge in [-0.05, 0) is 29.1 Å². The van der Waals surface area contributed by atoms with E-state index in [-0.39, 0.29) is 0 Å². The Bertz CT molecular complexity index is 658. The molecule has 0 radical (unpaired) electrons. The molecule has 0 saturated heterocycles. The highest BCUT2D eigenvalue weighted by atomic mass is 32.1. The number of rotatable bonds is 4. The van der Waals surface area contributed by atoms with Crippen LogP contribution in [-0.2, 0) is 13.1 Å². The van der Waals surface area contributed by atoms with E-state index in [0.29, 0.717) is 6.54 Å². The fourth-order valence-corrected chi connectivity index (χ4v) is 2.74. The summed E-state index contributed by atoms with van der Waals surface area (Å²) in [6.07, 6.45) is 5.64. The lowest BCUT2D eigenvalue weighted by atomic mass is 10.2. The van der Waals surface area contributed by atoms with Crippen molar-refractivity contribution in [3.8, 4) is 10.7 Å². The molecule has 3 heterocycles. The van der Waals surface area contributed by atoms with Crippen LogP contribution in [0.5, 0.6) is 0 Å². The van der Waals surface area contributed by atoms with Gasteiger partial charge in [0.05, 0.1) is 10.6 Å². The van der Waals surface area contributed by atoms with Crippen molar-refractivity contribution in [2.45, 2.75) is 13.1 Å². The second kappa shape index (κ2) is 5.34. The normalized spacial score (nSPS) is 10.8. The molecule has 0 aromatic carbocycles. The van der Waals surface area contributed by atoms with E-state index in [9.17, 15) is 0 Å². The second-order valence-corrected chi connectivity index (χ2v) is 5.16. The second-order valence-electron chi connectivity index (χ2n) is 4.22. The van der Waals surface area contributed by atoms with Crippen LogP contribution in [0.4, 0.5) is 0 Å². The van der Waals surface area contributed by atoms with Gasteiger partial charge in [-0.2, -0.15) is 0 Å². The number of hydrogen-bond acceptors (Lipinski definition) is 4. The first kappa shape index (κ1) is 12.1. The molecule has 5 heteroatoms. The predicted octanol–water partition coefficient (Wildman–Crippen LogP) is 2.51. The van der Waals surface area contributed by atoms with Crippen LogP contribution in [-0.4, -0.2) is 14.5 Å². The maximum Gasteiger partial charge on any atom is 0.150 e. The van der Waals surface area contributed by atoms with Crippen molar-refractivity contribution in [1.82, 2.24) is 14.5 Å². The summed E-state index contributed by atoms with van der Waals surface area (Å²) in [5.74, 6) is 1.00. The number of imidazole rings is 1. The lowest BCUT2D eigenvalue weighted by Crippen LogP contribution is -2.04. The van der Waals surface area contributed by atoms with Crippen molar-refractivity contribution < 1.29 is 0 Å². The SMILES string of the molecule is NCc1cc(Cn2ccnc2-c2cccs2)ccn1. The first-order valence-electron chi connectivity index (χ1n) is 6.05. The average molecular weight is 270 g/mol. The molecule has 0 amide bonds. The molecule has 0 saturated carbocycles. The van der Waals surface area contributed by atoms with Crippen LogP contribution in [0.3, 0.4) is 0 Å². The van der Waals surface area contributed by atoms with Gasteiger partial charge in [-0.3, -0.25) is 4.98 Å². The minimum Gasteiger partial charge on any atom is -0.326 e. The predicted molar refractivity (Wildman–Crippen MR) is 76.8 cm³/mol. The van der Waals surface area contributed by atoms with Crippen molar-refractivity contribution in [2.75, 3.05) is 0 Å². The molecule has 4 nitrogen and oxygen atoms in total. The van der Waals surface area contributed by atoms with Crippen LogP contribution in [0.2, 0.25) is 0 Å². The molecule has 3 aromatic heterocycles. The molecule has 0 bridgehead atoms. The number of hydrogen-bond donors (Lipinski definition) is 1. The zero-order valence-electron chi connectivity index (χ0n) is 10.4. The molecule has 0 spiro atoms. The first-order valence-corrected chi connectivity index (χ1v) is 6.93. The van der Waals surface area contributed by atoms with Gasteiger partial charge in [-0.15, -0.1) is 11.3 Å². The molecule has 0 atom stereocenters. The number of pyridine rings is 1. The number of nitrogens with two attached hydrogens (primary N) is 1. The minimum absolute atomic E-state index is 0.468. The van der Waals surface area contributed by atoms with Gasteiger partial charge in [0.1, 0.15) is 5.82 Å². The van der Waals surface area contributed by atoms with Crippen molar-refractivity contribution in [3.05, 3.63) is 59.5 Å². The van der Waals surface area contributed by atoms with Gasteiger partial charge in [0.25, 0.3) is 0 Å². The van der Waals surface area contributed by atoms with Gasteiger partial charge in [0.2, 0.25) is 0 Å². The third kappa shape index (κ3) is 2.57. The van der Waals surface area contributed by atoms with Crippen molar-refractivity contribution in [1.29, 1.82) is 0 Å². The maximum absolute atomic E-state index is 5.62. The van der Waals surface area contributed by atoms with E-state index in [1.165, 1.54) is 10.4 Å².